The van der Waals surface area contributed by atoms with Crippen molar-refractivity contribution >= 4 is 15.7 Å². The predicted molar refractivity (Wildman–Crippen MR) is 141 cm³/mol. The van der Waals surface area contributed by atoms with E-state index >= 15 is 0 Å². The maximum atomic E-state index is 12.9. The first-order valence-corrected chi connectivity index (χ1v) is 14.8. The second-order valence-corrected chi connectivity index (χ2v) is 12.1. The minimum Gasteiger partial charge on any atom is -0.491 e. The van der Waals surface area contributed by atoms with E-state index in [1.165, 1.54) is 6.26 Å². The Morgan fingerprint density at radius 1 is 1.16 bits per heavy atom. The van der Waals surface area contributed by atoms with E-state index < -0.39 is 9.84 Å². The molecule has 1 aliphatic rings. The van der Waals surface area contributed by atoms with Crippen molar-refractivity contribution in [3.05, 3.63) is 53.3 Å². The zero-order valence-electron chi connectivity index (χ0n) is 21.7. The average molecular weight is 543 g/mol. The molecule has 1 saturated carbocycles. The Morgan fingerprint density at radius 3 is 2.66 bits per heavy atom. The summed E-state index contributed by atoms with van der Waals surface area (Å²) in [7, 11) is -2.95. The summed E-state index contributed by atoms with van der Waals surface area (Å²) in [6.07, 6.45) is 4.95. The monoisotopic (exact) mass is 542 g/mol. The fourth-order valence-electron chi connectivity index (χ4n) is 4.77. The SMILES string of the molecule is Cc1cc(-c2nnn(CC3CCC(CS(C)(=O)=O)CC3)n2)cc(C(=O)NCc2cccc(OCCO)c2)n1. The van der Waals surface area contributed by atoms with E-state index in [4.69, 9.17) is 9.84 Å². The predicted octanol–water partition coefficient (Wildman–Crippen LogP) is 2.20. The number of ether oxygens (including phenoxy) is 1. The Balaban J connectivity index is 1.35. The first kappa shape index (κ1) is 27.6. The number of aryl methyl sites for hydroxylation is 1. The Labute approximate surface area is 222 Å². The normalized spacial score (nSPS) is 17.8. The molecule has 1 aromatic carbocycles. The Bertz CT molecular complexity index is 1350. The van der Waals surface area contributed by atoms with Crippen molar-refractivity contribution in [2.75, 3.05) is 25.2 Å². The molecule has 2 heterocycles. The first-order chi connectivity index (χ1) is 18.2. The number of amides is 1. The summed E-state index contributed by atoms with van der Waals surface area (Å²) in [5.74, 6) is 1.58. The van der Waals surface area contributed by atoms with Gasteiger partial charge in [0.1, 0.15) is 27.9 Å². The van der Waals surface area contributed by atoms with Crippen LogP contribution in [-0.2, 0) is 22.9 Å². The Hall–Kier alpha value is -3.38. The van der Waals surface area contributed by atoms with Crippen LogP contribution in [0.5, 0.6) is 5.75 Å². The standard InChI is InChI=1S/C26H34N6O5S/c1-18-12-22(14-24(28-18)26(34)27-15-21-4-3-5-23(13-21)37-11-10-33)25-29-31-32(30-25)16-19-6-8-20(9-7-19)17-38(2,35)36/h3-5,12-14,19-20,33H,6-11,15-17H2,1-2H3,(H,27,34). The minimum atomic E-state index is -2.95. The molecule has 0 unspecified atom stereocenters. The van der Waals surface area contributed by atoms with Gasteiger partial charge in [-0.3, -0.25) is 4.79 Å². The van der Waals surface area contributed by atoms with Crippen LogP contribution in [0, 0.1) is 18.8 Å². The van der Waals surface area contributed by atoms with Gasteiger partial charge in [0.25, 0.3) is 5.91 Å². The second kappa shape index (κ2) is 12.4. The number of nitrogens with zero attached hydrogens (tertiary/aromatic N) is 5. The van der Waals surface area contributed by atoms with Gasteiger partial charge in [-0.25, -0.2) is 13.4 Å². The molecule has 2 N–H and O–H groups in total. The van der Waals surface area contributed by atoms with E-state index in [0.29, 0.717) is 41.8 Å². The molecule has 0 aliphatic heterocycles. The fourth-order valence-corrected chi connectivity index (χ4v) is 5.96. The lowest BCUT2D eigenvalue weighted by Crippen LogP contribution is -2.24. The highest BCUT2D eigenvalue weighted by Gasteiger charge is 2.25. The molecule has 1 aliphatic carbocycles. The van der Waals surface area contributed by atoms with Crippen LogP contribution in [0.2, 0.25) is 0 Å². The molecule has 204 valence electrons. The summed E-state index contributed by atoms with van der Waals surface area (Å²) in [5, 5.41) is 24.7. The van der Waals surface area contributed by atoms with Crippen molar-refractivity contribution in [3.8, 4) is 17.1 Å². The summed E-state index contributed by atoms with van der Waals surface area (Å²) >= 11 is 0. The van der Waals surface area contributed by atoms with E-state index in [9.17, 15) is 13.2 Å². The number of hydrogen-bond donors (Lipinski definition) is 2. The minimum absolute atomic E-state index is 0.0702. The molecular weight excluding hydrogens is 508 g/mol. The van der Waals surface area contributed by atoms with E-state index in [1.807, 2.05) is 31.2 Å². The van der Waals surface area contributed by atoms with E-state index in [2.05, 4.69) is 25.7 Å². The zero-order valence-corrected chi connectivity index (χ0v) is 22.5. The summed E-state index contributed by atoms with van der Waals surface area (Å²) in [5.41, 5.74) is 2.43. The molecule has 38 heavy (non-hydrogen) atoms. The number of pyridine rings is 1. The number of rotatable bonds is 11. The number of tetrazole rings is 1. The van der Waals surface area contributed by atoms with Gasteiger partial charge in [0.05, 0.1) is 18.9 Å². The molecule has 2 aromatic heterocycles. The number of aliphatic hydroxyl groups is 1. The number of hydrogen-bond acceptors (Lipinski definition) is 9. The topological polar surface area (TPSA) is 149 Å². The largest absolute Gasteiger partial charge is 0.491 e. The van der Waals surface area contributed by atoms with Crippen molar-refractivity contribution < 1.29 is 23.1 Å². The zero-order chi connectivity index (χ0) is 27.1. The van der Waals surface area contributed by atoms with Crippen LogP contribution in [0.15, 0.2) is 36.4 Å². The van der Waals surface area contributed by atoms with Gasteiger partial charge in [0.2, 0.25) is 5.82 Å². The Kier molecular flexibility index (Phi) is 9.05. The van der Waals surface area contributed by atoms with Crippen LogP contribution in [0.25, 0.3) is 11.4 Å². The van der Waals surface area contributed by atoms with Crippen molar-refractivity contribution in [3.63, 3.8) is 0 Å². The summed E-state index contributed by atoms with van der Waals surface area (Å²) in [6, 6.07) is 10.8. The number of benzene rings is 1. The molecule has 12 heteroatoms. The lowest BCUT2D eigenvalue weighted by Gasteiger charge is -2.27. The number of aromatic nitrogens is 5. The number of sulfone groups is 1. The highest BCUT2D eigenvalue weighted by atomic mass is 32.2. The molecule has 0 bridgehead atoms. The molecular formula is C26H34N6O5S. The van der Waals surface area contributed by atoms with Gasteiger partial charge < -0.3 is 15.2 Å². The van der Waals surface area contributed by atoms with Crippen LogP contribution < -0.4 is 10.1 Å². The summed E-state index contributed by atoms with van der Waals surface area (Å²) < 4.78 is 28.6. The van der Waals surface area contributed by atoms with E-state index in [0.717, 1.165) is 31.2 Å². The van der Waals surface area contributed by atoms with Crippen LogP contribution in [-0.4, -0.2) is 69.8 Å². The van der Waals surface area contributed by atoms with Gasteiger partial charge in [0.15, 0.2) is 0 Å². The van der Waals surface area contributed by atoms with E-state index in [1.54, 1.807) is 16.9 Å². The molecule has 0 radical (unpaired) electrons. The highest BCUT2D eigenvalue weighted by Crippen LogP contribution is 2.30. The number of aliphatic hydroxyl groups excluding tert-OH is 1. The first-order valence-electron chi connectivity index (χ1n) is 12.7. The third-order valence-electron chi connectivity index (χ3n) is 6.53. The highest BCUT2D eigenvalue weighted by molar-refractivity contribution is 7.90. The van der Waals surface area contributed by atoms with Crippen molar-refractivity contribution in [2.45, 2.75) is 45.7 Å². The molecule has 3 aromatic rings. The van der Waals surface area contributed by atoms with Crippen molar-refractivity contribution in [1.82, 2.24) is 30.5 Å². The van der Waals surface area contributed by atoms with Crippen molar-refractivity contribution in [2.24, 2.45) is 11.8 Å². The lowest BCUT2D eigenvalue weighted by atomic mass is 9.83. The Morgan fingerprint density at radius 2 is 1.92 bits per heavy atom. The van der Waals surface area contributed by atoms with Crippen LogP contribution in [0.4, 0.5) is 0 Å². The van der Waals surface area contributed by atoms with Gasteiger partial charge in [-0.2, -0.15) is 4.80 Å². The molecule has 0 saturated heterocycles. The summed E-state index contributed by atoms with van der Waals surface area (Å²) in [4.78, 5) is 18.8. The fraction of sp³-hybridized carbons (Fsp3) is 0.500. The quantitative estimate of drug-likeness (QED) is 0.372. The van der Waals surface area contributed by atoms with Crippen LogP contribution >= 0.6 is 0 Å². The van der Waals surface area contributed by atoms with Gasteiger partial charge in [-0.05, 0) is 79.5 Å². The molecule has 1 amide bonds. The van der Waals surface area contributed by atoms with E-state index in [-0.39, 0.29) is 36.5 Å². The van der Waals surface area contributed by atoms with Gasteiger partial charge in [-0.15, -0.1) is 10.2 Å². The van der Waals surface area contributed by atoms with Gasteiger partial charge >= 0.3 is 0 Å². The van der Waals surface area contributed by atoms with Crippen molar-refractivity contribution in [1.29, 1.82) is 0 Å². The maximum Gasteiger partial charge on any atom is 0.270 e. The average Bonchev–Trinajstić information content (AvgIpc) is 3.35. The molecule has 4 rings (SSSR count). The molecule has 0 atom stereocenters. The van der Waals surface area contributed by atoms with Crippen LogP contribution in [0.1, 0.15) is 47.4 Å². The molecule has 0 spiro atoms. The number of carbonyl (C=O) groups is 1. The van der Waals surface area contributed by atoms with Gasteiger partial charge in [0, 0.05) is 24.1 Å². The molecule has 11 nitrogen and oxygen atoms in total. The third kappa shape index (κ3) is 8.06. The third-order valence-corrected chi connectivity index (χ3v) is 7.61. The smallest absolute Gasteiger partial charge is 0.270 e. The second-order valence-electron chi connectivity index (χ2n) is 9.93. The number of carbonyl (C=O) groups excluding carboxylic acids is 1. The number of nitrogens with one attached hydrogen (secondary N) is 1. The van der Waals surface area contributed by atoms with Crippen LogP contribution in [0.3, 0.4) is 0 Å². The molecule has 1 fully saturated rings. The van der Waals surface area contributed by atoms with Gasteiger partial charge in [-0.1, -0.05) is 12.1 Å². The lowest BCUT2D eigenvalue weighted by molar-refractivity contribution is 0.0945. The summed E-state index contributed by atoms with van der Waals surface area (Å²) in [6.45, 7) is 2.86. The maximum absolute atomic E-state index is 12.9.